The van der Waals surface area contributed by atoms with Gasteiger partial charge >= 0.3 is 0 Å². The van der Waals surface area contributed by atoms with E-state index >= 15 is 0 Å². The van der Waals surface area contributed by atoms with Crippen molar-refractivity contribution in [3.63, 3.8) is 0 Å². The Morgan fingerprint density at radius 2 is 1.81 bits per heavy atom. The quantitative estimate of drug-likeness (QED) is 0.857. The Balaban J connectivity index is 2.33. The number of methoxy groups -OCH3 is 1. The van der Waals surface area contributed by atoms with Crippen molar-refractivity contribution in [2.45, 2.75) is 13.3 Å². The molecular formula is C17H20N2O2. The number of nitrogens with two attached hydrogens (primary N) is 1. The number of hydrogen-bond donors (Lipinski definition) is 1. The number of nitrogens with zero attached hydrogens (tertiary/aromatic N) is 1. The predicted molar refractivity (Wildman–Crippen MR) is 85.8 cm³/mol. The van der Waals surface area contributed by atoms with E-state index in [0.29, 0.717) is 17.8 Å². The highest BCUT2D eigenvalue weighted by molar-refractivity contribution is 6.07. The van der Waals surface area contributed by atoms with Crippen molar-refractivity contribution in [2.75, 3.05) is 24.3 Å². The molecule has 110 valence electrons. The number of rotatable bonds is 5. The number of carbonyl (C=O) groups is 1. The zero-order valence-corrected chi connectivity index (χ0v) is 12.4. The van der Waals surface area contributed by atoms with Gasteiger partial charge in [-0.2, -0.15) is 0 Å². The van der Waals surface area contributed by atoms with Gasteiger partial charge in [-0.3, -0.25) is 4.79 Å². The summed E-state index contributed by atoms with van der Waals surface area (Å²) in [6, 6.07) is 14.5. The maximum atomic E-state index is 12.7. The van der Waals surface area contributed by atoms with Gasteiger partial charge in [-0.05, 0) is 42.8 Å². The molecule has 0 fully saturated rings. The summed E-state index contributed by atoms with van der Waals surface area (Å²) in [5, 5.41) is 0. The number of para-hydroxylation sites is 2. The Morgan fingerprint density at radius 3 is 2.38 bits per heavy atom. The molecule has 0 aliphatic carbocycles. The van der Waals surface area contributed by atoms with Crippen LogP contribution in [0.15, 0.2) is 48.5 Å². The Morgan fingerprint density at radius 1 is 1.14 bits per heavy atom. The lowest BCUT2D eigenvalue weighted by atomic mass is 10.1. The predicted octanol–water partition coefficient (Wildman–Crippen LogP) is 3.33. The summed E-state index contributed by atoms with van der Waals surface area (Å²) in [6.07, 6.45) is 0.857. The average molecular weight is 284 g/mol. The summed E-state index contributed by atoms with van der Waals surface area (Å²) in [5.74, 6) is 0.671. The van der Waals surface area contributed by atoms with Crippen LogP contribution in [-0.4, -0.2) is 19.6 Å². The van der Waals surface area contributed by atoms with Crippen molar-refractivity contribution in [2.24, 2.45) is 0 Å². The molecule has 2 aromatic rings. The summed E-state index contributed by atoms with van der Waals surface area (Å²) in [6.45, 7) is 2.66. The smallest absolute Gasteiger partial charge is 0.258 e. The highest BCUT2D eigenvalue weighted by atomic mass is 16.5. The minimum absolute atomic E-state index is 0.0580. The Bertz CT molecular complexity index is 608. The highest BCUT2D eigenvalue weighted by Crippen LogP contribution is 2.25. The molecule has 4 heteroatoms. The first kappa shape index (κ1) is 14.9. The van der Waals surface area contributed by atoms with Gasteiger partial charge in [-0.1, -0.05) is 19.1 Å². The van der Waals surface area contributed by atoms with E-state index < -0.39 is 0 Å². The molecule has 0 spiro atoms. The van der Waals surface area contributed by atoms with Crippen LogP contribution in [0.4, 0.5) is 11.4 Å². The fraction of sp³-hybridized carbons (Fsp3) is 0.235. The largest absolute Gasteiger partial charge is 0.497 e. The Kier molecular flexibility index (Phi) is 4.82. The number of hydrogen-bond acceptors (Lipinski definition) is 3. The van der Waals surface area contributed by atoms with Gasteiger partial charge in [0, 0.05) is 12.1 Å². The number of nitrogen functional groups attached to an aromatic ring is 1. The van der Waals surface area contributed by atoms with Crippen LogP contribution < -0.4 is 15.4 Å². The molecule has 0 radical (unpaired) electrons. The second-order valence-electron chi connectivity index (χ2n) is 4.74. The average Bonchev–Trinajstić information content (AvgIpc) is 2.53. The molecule has 21 heavy (non-hydrogen) atoms. The van der Waals surface area contributed by atoms with Gasteiger partial charge in [-0.25, -0.2) is 0 Å². The maximum Gasteiger partial charge on any atom is 0.258 e. The Hall–Kier alpha value is -2.49. The van der Waals surface area contributed by atoms with Crippen molar-refractivity contribution in [3.8, 4) is 5.75 Å². The lowest BCUT2D eigenvalue weighted by Gasteiger charge is -2.24. The van der Waals surface area contributed by atoms with Crippen LogP contribution in [0.1, 0.15) is 23.7 Å². The normalized spacial score (nSPS) is 10.2. The first-order valence-corrected chi connectivity index (χ1v) is 6.97. The van der Waals surface area contributed by atoms with E-state index in [-0.39, 0.29) is 5.91 Å². The fourth-order valence-corrected chi connectivity index (χ4v) is 2.18. The van der Waals surface area contributed by atoms with E-state index in [1.54, 1.807) is 42.3 Å². The molecule has 0 bridgehead atoms. The molecule has 0 saturated heterocycles. The van der Waals surface area contributed by atoms with Crippen LogP contribution in [0.5, 0.6) is 5.75 Å². The number of carbonyl (C=O) groups excluding carboxylic acids is 1. The van der Waals surface area contributed by atoms with Crippen molar-refractivity contribution in [1.82, 2.24) is 0 Å². The van der Waals surface area contributed by atoms with Crippen LogP contribution in [0, 0.1) is 0 Å². The summed E-state index contributed by atoms with van der Waals surface area (Å²) in [4.78, 5) is 14.4. The van der Waals surface area contributed by atoms with E-state index in [9.17, 15) is 4.79 Å². The first-order chi connectivity index (χ1) is 10.2. The number of ether oxygens (including phenoxy) is 1. The molecule has 1 amide bonds. The van der Waals surface area contributed by atoms with Crippen molar-refractivity contribution < 1.29 is 9.53 Å². The van der Waals surface area contributed by atoms with Gasteiger partial charge in [0.05, 0.1) is 18.5 Å². The number of anilines is 2. The lowest BCUT2D eigenvalue weighted by Crippen LogP contribution is -2.32. The zero-order valence-electron chi connectivity index (χ0n) is 12.4. The van der Waals surface area contributed by atoms with Gasteiger partial charge in [0.1, 0.15) is 5.75 Å². The van der Waals surface area contributed by atoms with Gasteiger partial charge < -0.3 is 15.4 Å². The van der Waals surface area contributed by atoms with E-state index in [1.165, 1.54) is 0 Å². The zero-order chi connectivity index (χ0) is 15.2. The molecule has 0 aliphatic rings. The maximum absolute atomic E-state index is 12.7. The molecule has 0 saturated carbocycles. The minimum Gasteiger partial charge on any atom is -0.497 e. The van der Waals surface area contributed by atoms with Crippen LogP contribution in [0.2, 0.25) is 0 Å². The molecule has 2 rings (SSSR count). The van der Waals surface area contributed by atoms with Gasteiger partial charge in [0.2, 0.25) is 0 Å². The molecule has 2 N–H and O–H groups in total. The van der Waals surface area contributed by atoms with Gasteiger partial charge in [0.25, 0.3) is 5.91 Å². The van der Waals surface area contributed by atoms with Crippen LogP contribution in [0.3, 0.4) is 0 Å². The van der Waals surface area contributed by atoms with Gasteiger partial charge in [0.15, 0.2) is 0 Å². The molecule has 4 nitrogen and oxygen atoms in total. The highest BCUT2D eigenvalue weighted by Gasteiger charge is 2.18. The summed E-state index contributed by atoms with van der Waals surface area (Å²) in [5.41, 5.74) is 7.97. The molecule has 0 aromatic heterocycles. The minimum atomic E-state index is -0.0580. The summed E-state index contributed by atoms with van der Waals surface area (Å²) >= 11 is 0. The lowest BCUT2D eigenvalue weighted by molar-refractivity contribution is 0.0987. The van der Waals surface area contributed by atoms with Gasteiger partial charge in [-0.15, -0.1) is 0 Å². The topological polar surface area (TPSA) is 55.6 Å². The molecule has 0 atom stereocenters. The fourth-order valence-electron chi connectivity index (χ4n) is 2.18. The van der Waals surface area contributed by atoms with Crippen LogP contribution in [-0.2, 0) is 0 Å². The van der Waals surface area contributed by atoms with E-state index in [2.05, 4.69) is 0 Å². The third kappa shape index (κ3) is 3.34. The molecule has 0 heterocycles. The summed E-state index contributed by atoms with van der Waals surface area (Å²) in [7, 11) is 1.60. The Labute approximate surface area is 125 Å². The van der Waals surface area contributed by atoms with Crippen molar-refractivity contribution >= 4 is 17.3 Å². The van der Waals surface area contributed by atoms with Crippen LogP contribution >= 0.6 is 0 Å². The van der Waals surface area contributed by atoms with E-state index in [1.807, 2.05) is 25.1 Å². The molecule has 2 aromatic carbocycles. The second-order valence-corrected chi connectivity index (χ2v) is 4.74. The standard InChI is InChI=1S/C17H20N2O2/c1-3-12-19(16-7-5-4-6-15(16)18)17(20)13-8-10-14(21-2)11-9-13/h4-11H,3,12,18H2,1-2H3. The van der Waals surface area contributed by atoms with E-state index in [4.69, 9.17) is 10.5 Å². The van der Waals surface area contributed by atoms with Crippen molar-refractivity contribution in [3.05, 3.63) is 54.1 Å². The summed E-state index contributed by atoms with van der Waals surface area (Å²) < 4.78 is 5.12. The number of amides is 1. The molecule has 0 unspecified atom stereocenters. The molecular weight excluding hydrogens is 264 g/mol. The first-order valence-electron chi connectivity index (χ1n) is 6.97. The van der Waals surface area contributed by atoms with E-state index in [0.717, 1.165) is 17.9 Å². The van der Waals surface area contributed by atoms with Crippen LogP contribution in [0.25, 0.3) is 0 Å². The monoisotopic (exact) mass is 284 g/mol. The second kappa shape index (κ2) is 6.79. The SMILES string of the molecule is CCCN(C(=O)c1ccc(OC)cc1)c1ccccc1N. The molecule has 0 aliphatic heterocycles. The number of benzene rings is 2. The van der Waals surface area contributed by atoms with Crippen molar-refractivity contribution in [1.29, 1.82) is 0 Å². The third-order valence-corrected chi connectivity index (χ3v) is 3.26. The third-order valence-electron chi connectivity index (χ3n) is 3.26.